The molecule has 1 fully saturated rings. The van der Waals surface area contributed by atoms with E-state index in [9.17, 15) is 4.79 Å². The molecule has 0 aromatic rings. The van der Waals surface area contributed by atoms with E-state index in [1.54, 1.807) is 0 Å². The van der Waals surface area contributed by atoms with Crippen molar-refractivity contribution in [3.63, 3.8) is 0 Å². The Morgan fingerprint density at radius 3 is 2.40 bits per heavy atom. The van der Waals surface area contributed by atoms with Gasteiger partial charge in [-0.1, -0.05) is 40.5 Å². The second-order valence-electron chi connectivity index (χ2n) is 5.78. The van der Waals surface area contributed by atoms with Gasteiger partial charge in [0.15, 0.2) is 0 Å². The first kappa shape index (κ1) is 12.5. The van der Waals surface area contributed by atoms with Crippen LogP contribution in [-0.4, -0.2) is 11.9 Å². The first-order chi connectivity index (χ1) is 6.95. The maximum Gasteiger partial charge on any atom is 0.219 e. The third-order valence-corrected chi connectivity index (χ3v) is 3.55. The highest BCUT2D eigenvalue weighted by Crippen LogP contribution is 2.37. The predicted octanol–water partition coefficient (Wildman–Crippen LogP) is 3.12. The average Bonchev–Trinajstić information content (AvgIpc) is 2.17. The zero-order valence-electron chi connectivity index (χ0n) is 10.6. The summed E-state index contributed by atoms with van der Waals surface area (Å²) in [5, 5.41) is 3.19. The number of carbonyl (C=O) groups is 1. The molecule has 1 aliphatic carbocycles. The van der Waals surface area contributed by atoms with E-state index in [0.29, 0.717) is 23.8 Å². The van der Waals surface area contributed by atoms with Gasteiger partial charge in [0.1, 0.15) is 0 Å². The number of nitrogens with one attached hydrogen (secondary N) is 1. The van der Waals surface area contributed by atoms with Crippen molar-refractivity contribution in [1.29, 1.82) is 0 Å². The summed E-state index contributed by atoms with van der Waals surface area (Å²) < 4.78 is 0. The van der Waals surface area contributed by atoms with Crippen LogP contribution in [0, 0.1) is 11.3 Å². The Labute approximate surface area is 93.8 Å². The van der Waals surface area contributed by atoms with Crippen LogP contribution in [0.25, 0.3) is 0 Å². The monoisotopic (exact) mass is 211 g/mol. The molecule has 1 N–H and O–H groups in total. The number of carbonyl (C=O) groups excluding carboxylic acids is 1. The molecule has 0 spiro atoms. The van der Waals surface area contributed by atoms with Gasteiger partial charge in [0.25, 0.3) is 0 Å². The molecule has 0 heterocycles. The lowest BCUT2D eigenvalue weighted by Gasteiger charge is -2.40. The van der Waals surface area contributed by atoms with Crippen molar-refractivity contribution in [2.45, 2.75) is 65.8 Å². The molecule has 0 aliphatic heterocycles. The summed E-state index contributed by atoms with van der Waals surface area (Å²) in [6, 6.07) is 0.409. The van der Waals surface area contributed by atoms with Gasteiger partial charge >= 0.3 is 0 Å². The van der Waals surface area contributed by atoms with E-state index in [0.717, 1.165) is 6.42 Å². The third kappa shape index (κ3) is 3.51. The van der Waals surface area contributed by atoms with Crippen LogP contribution in [0.2, 0.25) is 0 Å². The van der Waals surface area contributed by atoms with Crippen LogP contribution in [0.5, 0.6) is 0 Å². The lowest BCUT2D eigenvalue weighted by Crippen LogP contribution is -2.46. The van der Waals surface area contributed by atoms with Crippen LogP contribution < -0.4 is 5.32 Å². The molecular formula is C13H25NO. The fourth-order valence-electron chi connectivity index (χ4n) is 2.65. The summed E-state index contributed by atoms with van der Waals surface area (Å²) in [6.45, 7) is 8.78. The van der Waals surface area contributed by atoms with E-state index in [1.165, 1.54) is 19.3 Å². The fourth-order valence-corrected chi connectivity index (χ4v) is 2.65. The largest absolute Gasteiger partial charge is 0.353 e. The summed E-state index contributed by atoms with van der Waals surface area (Å²) >= 11 is 0. The molecule has 1 amide bonds. The van der Waals surface area contributed by atoms with Crippen molar-refractivity contribution in [3.8, 4) is 0 Å². The smallest absolute Gasteiger partial charge is 0.219 e. The Balaban J connectivity index is 2.62. The lowest BCUT2D eigenvalue weighted by molar-refractivity contribution is -0.122. The van der Waals surface area contributed by atoms with Gasteiger partial charge in [-0.15, -0.1) is 0 Å². The molecule has 0 aromatic carbocycles. The van der Waals surface area contributed by atoms with E-state index < -0.39 is 0 Å². The lowest BCUT2D eigenvalue weighted by atomic mass is 9.69. The zero-order chi connectivity index (χ0) is 11.5. The minimum Gasteiger partial charge on any atom is -0.353 e. The van der Waals surface area contributed by atoms with Crippen molar-refractivity contribution < 1.29 is 4.79 Å². The zero-order valence-corrected chi connectivity index (χ0v) is 10.6. The van der Waals surface area contributed by atoms with Crippen LogP contribution in [0.4, 0.5) is 0 Å². The van der Waals surface area contributed by atoms with Crippen molar-refractivity contribution in [1.82, 2.24) is 5.32 Å². The molecule has 1 saturated carbocycles. The number of hydrogen-bond donors (Lipinski definition) is 1. The fraction of sp³-hybridized carbons (Fsp3) is 0.923. The highest BCUT2D eigenvalue weighted by molar-refractivity contribution is 5.75. The molecule has 0 aromatic heterocycles. The van der Waals surface area contributed by atoms with E-state index in [1.807, 2.05) is 6.92 Å². The predicted molar refractivity (Wildman–Crippen MR) is 63.6 cm³/mol. The molecule has 2 unspecified atom stereocenters. The Kier molecular flexibility index (Phi) is 4.18. The minimum absolute atomic E-state index is 0.205. The first-order valence-electron chi connectivity index (χ1n) is 6.24. The summed E-state index contributed by atoms with van der Waals surface area (Å²) in [5.74, 6) is 0.845. The number of amides is 1. The van der Waals surface area contributed by atoms with Crippen LogP contribution in [0.3, 0.4) is 0 Å². The normalized spacial score (nSPS) is 27.5. The summed E-state index contributed by atoms with van der Waals surface area (Å²) in [5.41, 5.74) is 0.312. The van der Waals surface area contributed by atoms with Gasteiger partial charge in [0.2, 0.25) is 5.91 Å². The number of hydrogen-bond acceptors (Lipinski definition) is 1. The van der Waals surface area contributed by atoms with Crippen molar-refractivity contribution in [3.05, 3.63) is 0 Å². The molecule has 0 bridgehead atoms. The molecule has 2 heteroatoms. The Bertz CT molecular complexity index is 217. The van der Waals surface area contributed by atoms with Gasteiger partial charge in [-0.05, 0) is 24.2 Å². The quantitative estimate of drug-likeness (QED) is 0.747. The highest BCUT2D eigenvalue weighted by atomic mass is 16.1. The molecule has 1 rings (SSSR count). The summed E-state index contributed by atoms with van der Waals surface area (Å²) in [6.07, 6.45) is 5.61. The number of rotatable bonds is 2. The summed E-state index contributed by atoms with van der Waals surface area (Å²) in [7, 11) is 0. The van der Waals surface area contributed by atoms with E-state index >= 15 is 0 Å². The second kappa shape index (κ2) is 5.00. The molecule has 1 aliphatic rings. The topological polar surface area (TPSA) is 29.1 Å². The van der Waals surface area contributed by atoms with Crippen LogP contribution in [-0.2, 0) is 4.79 Å². The summed E-state index contributed by atoms with van der Waals surface area (Å²) in [4.78, 5) is 11.4. The van der Waals surface area contributed by atoms with Crippen LogP contribution in [0.15, 0.2) is 0 Å². The van der Waals surface area contributed by atoms with Gasteiger partial charge in [-0.2, -0.15) is 0 Å². The van der Waals surface area contributed by atoms with Crippen molar-refractivity contribution in [2.24, 2.45) is 11.3 Å². The Morgan fingerprint density at radius 2 is 1.87 bits per heavy atom. The third-order valence-electron chi connectivity index (χ3n) is 3.55. The maximum absolute atomic E-state index is 11.4. The van der Waals surface area contributed by atoms with Crippen molar-refractivity contribution >= 4 is 5.91 Å². The van der Waals surface area contributed by atoms with E-state index in [-0.39, 0.29) is 5.91 Å². The van der Waals surface area contributed by atoms with E-state index in [4.69, 9.17) is 0 Å². The van der Waals surface area contributed by atoms with Crippen molar-refractivity contribution in [2.75, 3.05) is 0 Å². The molecule has 0 radical (unpaired) electrons. The molecule has 0 saturated heterocycles. The van der Waals surface area contributed by atoms with Gasteiger partial charge in [-0.25, -0.2) is 0 Å². The molecule has 2 atom stereocenters. The van der Waals surface area contributed by atoms with Gasteiger partial charge in [-0.3, -0.25) is 4.79 Å². The Morgan fingerprint density at radius 1 is 1.27 bits per heavy atom. The minimum atomic E-state index is 0.205. The molecule has 88 valence electrons. The van der Waals surface area contributed by atoms with Gasteiger partial charge in [0.05, 0.1) is 0 Å². The molecule has 15 heavy (non-hydrogen) atoms. The van der Waals surface area contributed by atoms with E-state index in [2.05, 4.69) is 26.1 Å². The maximum atomic E-state index is 11.4. The standard InChI is InChI=1S/C13H25NO/c1-5-12(15)14-11-9-7-6-8-10(11)13(2,3)4/h10-11H,5-9H2,1-4H3,(H,14,15). The Hall–Kier alpha value is -0.530. The second-order valence-corrected chi connectivity index (χ2v) is 5.78. The highest BCUT2D eigenvalue weighted by Gasteiger charge is 2.34. The van der Waals surface area contributed by atoms with Gasteiger partial charge < -0.3 is 5.32 Å². The van der Waals surface area contributed by atoms with Crippen LogP contribution in [0.1, 0.15) is 59.8 Å². The first-order valence-corrected chi connectivity index (χ1v) is 6.24. The SMILES string of the molecule is CCC(=O)NC1CCCCC1C(C)(C)C. The molecular weight excluding hydrogens is 186 g/mol. The van der Waals surface area contributed by atoms with Crippen LogP contribution >= 0.6 is 0 Å². The molecule has 2 nitrogen and oxygen atoms in total. The van der Waals surface area contributed by atoms with Gasteiger partial charge in [0, 0.05) is 12.5 Å². The average molecular weight is 211 g/mol.